The SMILES string of the molecule is CS(=O)(=O)NCC[C@H](NC(=O)c1cc(OCC(=O)N2CCC[C@H]2C(=O)NC2CCC2)n(-c2ccccc2)n1)C(=O)N1CCN(C(=O)O)CC1. The summed E-state index contributed by atoms with van der Waals surface area (Å²) >= 11 is 0. The predicted octanol–water partition coefficient (Wildman–Crippen LogP) is -0.229. The van der Waals surface area contributed by atoms with Crippen LogP contribution in [-0.4, -0.2) is 138 Å². The van der Waals surface area contributed by atoms with Crippen molar-refractivity contribution in [2.45, 2.75) is 56.7 Å². The summed E-state index contributed by atoms with van der Waals surface area (Å²) in [5.41, 5.74) is 0.402. The quantitative estimate of drug-likeness (QED) is 0.215. The second kappa shape index (κ2) is 15.7. The number of carbonyl (C=O) groups excluding carboxylic acids is 4. The van der Waals surface area contributed by atoms with E-state index >= 15 is 0 Å². The van der Waals surface area contributed by atoms with Gasteiger partial charge in [-0.2, -0.15) is 5.10 Å². The number of para-hydroxylation sites is 1. The summed E-state index contributed by atoms with van der Waals surface area (Å²) in [5, 5.41) is 19.3. The van der Waals surface area contributed by atoms with Gasteiger partial charge in [-0.15, -0.1) is 0 Å². The van der Waals surface area contributed by atoms with E-state index in [0.717, 1.165) is 25.5 Å². The number of hydrogen-bond acceptors (Lipinski definition) is 9. The number of carboxylic acid groups (broad SMARTS) is 1. The van der Waals surface area contributed by atoms with Gasteiger partial charge in [-0.05, 0) is 50.7 Å². The van der Waals surface area contributed by atoms with Gasteiger partial charge in [0.15, 0.2) is 12.3 Å². The van der Waals surface area contributed by atoms with E-state index in [0.29, 0.717) is 25.1 Å². The highest BCUT2D eigenvalue weighted by Gasteiger charge is 2.36. The third-order valence-corrected chi connectivity index (χ3v) is 9.57. The Morgan fingerprint density at radius 2 is 1.67 bits per heavy atom. The van der Waals surface area contributed by atoms with Gasteiger partial charge in [-0.25, -0.2) is 22.6 Å². The van der Waals surface area contributed by atoms with E-state index in [2.05, 4.69) is 20.5 Å². The molecule has 17 nitrogen and oxygen atoms in total. The molecule has 2 aromatic rings. The van der Waals surface area contributed by atoms with Gasteiger partial charge < -0.3 is 35.2 Å². The van der Waals surface area contributed by atoms with Crippen LogP contribution in [0.5, 0.6) is 5.88 Å². The van der Waals surface area contributed by atoms with Crippen LogP contribution < -0.4 is 20.1 Å². The predicted molar refractivity (Wildman–Crippen MR) is 174 cm³/mol. The number of piperazine rings is 1. The topological polar surface area (TPSA) is 213 Å². The van der Waals surface area contributed by atoms with Crippen molar-refractivity contribution in [1.29, 1.82) is 0 Å². The average Bonchev–Trinajstić information content (AvgIpc) is 3.73. The molecule has 18 heteroatoms. The summed E-state index contributed by atoms with van der Waals surface area (Å²) < 4.78 is 32.9. The summed E-state index contributed by atoms with van der Waals surface area (Å²) in [7, 11) is -3.58. The highest BCUT2D eigenvalue weighted by molar-refractivity contribution is 7.88. The van der Waals surface area contributed by atoms with Crippen LogP contribution in [-0.2, 0) is 24.4 Å². The van der Waals surface area contributed by atoms with Gasteiger partial charge in [-0.3, -0.25) is 19.2 Å². The van der Waals surface area contributed by atoms with Gasteiger partial charge in [0.1, 0.15) is 12.1 Å². The maximum absolute atomic E-state index is 13.6. The molecule has 4 N–H and O–H groups in total. The first-order valence-electron chi connectivity index (χ1n) is 16.3. The number of nitrogens with one attached hydrogen (secondary N) is 3. The Balaban J connectivity index is 1.30. The highest BCUT2D eigenvalue weighted by atomic mass is 32.2. The lowest BCUT2D eigenvalue weighted by Gasteiger charge is -2.35. The van der Waals surface area contributed by atoms with Crippen LogP contribution in [0.3, 0.4) is 0 Å². The molecule has 0 unspecified atom stereocenters. The molecule has 49 heavy (non-hydrogen) atoms. The number of benzene rings is 1. The Bertz CT molecular complexity index is 1640. The maximum atomic E-state index is 13.6. The summed E-state index contributed by atoms with van der Waals surface area (Å²) in [5.74, 6) is -1.72. The largest absolute Gasteiger partial charge is 0.467 e. The fourth-order valence-corrected chi connectivity index (χ4v) is 6.44. The molecule has 1 aromatic heterocycles. The molecule has 5 amide bonds. The molecule has 0 radical (unpaired) electrons. The van der Waals surface area contributed by atoms with Gasteiger partial charge in [0, 0.05) is 51.4 Å². The Hall–Kier alpha value is -4.71. The molecular weight excluding hydrogens is 660 g/mol. The van der Waals surface area contributed by atoms with Crippen molar-refractivity contribution in [2.24, 2.45) is 0 Å². The molecule has 0 bridgehead atoms. The zero-order chi connectivity index (χ0) is 35.1. The van der Waals surface area contributed by atoms with Crippen molar-refractivity contribution in [3.05, 3.63) is 42.1 Å². The third-order valence-electron chi connectivity index (χ3n) is 8.84. The standard InChI is InChI=1S/C31H42N8O9S/c1-49(46,47)32-13-12-23(30(43)36-15-17-37(18-16-36)31(44)45)34-28(41)24-19-27(39(35-24)22-9-3-2-4-10-22)48-20-26(40)38-14-6-11-25(38)29(42)33-21-7-5-8-21/h2-4,9-10,19,21,23,25,32H,5-8,11-18,20H2,1H3,(H,33,42)(H,34,41)(H,44,45)/t23-,25-/m0/s1. The minimum atomic E-state index is -3.58. The lowest BCUT2D eigenvalue weighted by Crippen LogP contribution is -2.56. The van der Waals surface area contributed by atoms with Gasteiger partial charge in [0.2, 0.25) is 27.7 Å². The smallest absolute Gasteiger partial charge is 0.407 e. The minimum Gasteiger partial charge on any atom is -0.467 e. The summed E-state index contributed by atoms with van der Waals surface area (Å²) in [4.78, 5) is 68.6. The molecule has 3 aliphatic rings. The number of amides is 5. The van der Waals surface area contributed by atoms with Crippen LogP contribution in [0.1, 0.15) is 49.0 Å². The number of rotatable bonds is 13. The van der Waals surface area contributed by atoms with E-state index in [-0.39, 0.29) is 68.6 Å². The van der Waals surface area contributed by atoms with Crippen molar-refractivity contribution in [1.82, 2.24) is 39.8 Å². The summed E-state index contributed by atoms with van der Waals surface area (Å²) in [6, 6.07) is 8.52. The fraction of sp³-hybridized carbons (Fsp3) is 0.548. The molecule has 3 fully saturated rings. The van der Waals surface area contributed by atoms with E-state index in [1.165, 1.54) is 25.4 Å². The van der Waals surface area contributed by atoms with E-state index < -0.39 is 46.6 Å². The number of sulfonamides is 1. The van der Waals surface area contributed by atoms with Gasteiger partial charge >= 0.3 is 6.09 Å². The number of nitrogens with zero attached hydrogens (tertiary/aromatic N) is 5. The molecule has 3 heterocycles. The van der Waals surface area contributed by atoms with Crippen LogP contribution in [0.4, 0.5) is 4.79 Å². The molecule has 0 spiro atoms. The lowest BCUT2D eigenvalue weighted by molar-refractivity contribution is -0.140. The van der Waals surface area contributed by atoms with Crippen molar-refractivity contribution in [3.63, 3.8) is 0 Å². The lowest BCUT2D eigenvalue weighted by atomic mass is 9.93. The van der Waals surface area contributed by atoms with Crippen molar-refractivity contribution in [2.75, 3.05) is 52.1 Å². The molecule has 1 aromatic carbocycles. The highest BCUT2D eigenvalue weighted by Crippen LogP contribution is 2.24. The summed E-state index contributed by atoms with van der Waals surface area (Å²) in [6.07, 6.45) is 3.99. The zero-order valence-electron chi connectivity index (χ0n) is 27.2. The van der Waals surface area contributed by atoms with Crippen LogP contribution in [0.15, 0.2) is 36.4 Å². The molecule has 2 atom stereocenters. The average molecular weight is 703 g/mol. The molecule has 1 aliphatic carbocycles. The first kappa shape index (κ1) is 35.6. The van der Waals surface area contributed by atoms with Gasteiger partial charge in [-0.1, -0.05) is 18.2 Å². The number of aromatic nitrogens is 2. The van der Waals surface area contributed by atoms with Crippen molar-refractivity contribution >= 4 is 39.7 Å². The Labute approximate surface area is 284 Å². The zero-order valence-corrected chi connectivity index (χ0v) is 28.1. The minimum absolute atomic E-state index is 0.0748. The normalized spacial score (nSPS) is 18.8. The molecule has 266 valence electrons. The second-order valence-corrected chi connectivity index (χ2v) is 14.2. The van der Waals surface area contributed by atoms with Crippen LogP contribution >= 0.6 is 0 Å². The molecule has 1 saturated carbocycles. The van der Waals surface area contributed by atoms with Crippen molar-refractivity contribution in [3.8, 4) is 11.6 Å². The third kappa shape index (κ3) is 9.26. The first-order chi connectivity index (χ1) is 23.4. The molecule has 2 aliphatic heterocycles. The molecule has 5 rings (SSSR count). The second-order valence-electron chi connectivity index (χ2n) is 12.4. The Morgan fingerprint density at radius 3 is 2.31 bits per heavy atom. The van der Waals surface area contributed by atoms with Crippen LogP contribution in [0.25, 0.3) is 5.69 Å². The van der Waals surface area contributed by atoms with E-state index in [1.54, 1.807) is 30.3 Å². The van der Waals surface area contributed by atoms with Gasteiger partial charge in [0.25, 0.3) is 11.8 Å². The van der Waals surface area contributed by atoms with E-state index in [1.807, 2.05) is 0 Å². The van der Waals surface area contributed by atoms with Crippen LogP contribution in [0.2, 0.25) is 0 Å². The number of carbonyl (C=O) groups is 5. The number of ether oxygens (including phenoxy) is 1. The molecule has 2 saturated heterocycles. The fourth-order valence-electron chi connectivity index (χ4n) is 5.96. The Morgan fingerprint density at radius 1 is 0.980 bits per heavy atom. The molecular formula is C31H42N8O9S. The van der Waals surface area contributed by atoms with E-state index in [9.17, 15) is 37.5 Å². The number of hydrogen-bond donors (Lipinski definition) is 4. The maximum Gasteiger partial charge on any atom is 0.407 e. The van der Waals surface area contributed by atoms with Gasteiger partial charge in [0.05, 0.1) is 11.9 Å². The first-order valence-corrected chi connectivity index (χ1v) is 18.2. The Kier molecular flexibility index (Phi) is 11.4. The monoisotopic (exact) mass is 702 g/mol. The number of likely N-dealkylation sites (tertiary alicyclic amines) is 1. The van der Waals surface area contributed by atoms with E-state index in [4.69, 9.17) is 4.74 Å². The van der Waals surface area contributed by atoms with Crippen LogP contribution in [0, 0.1) is 0 Å². The van der Waals surface area contributed by atoms with Crippen molar-refractivity contribution < 1.29 is 42.2 Å². The summed E-state index contributed by atoms with van der Waals surface area (Å²) in [6.45, 7) is 0.257.